The highest BCUT2D eigenvalue weighted by Gasteiger charge is 2.13. The van der Waals surface area contributed by atoms with E-state index in [0.29, 0.717) is 27.0 Å². The Hall–Kier alpha value is -1.18. The number of aromatic nitrogens is 5. The minimum atomic E-state index is -0.128. The molecule has 0 saturated heterocycles. The van der Waals surface area contributed by atoms with Gasteiger partial charge in [-0.05, 0) is 25.1 Å². The normalized spacial score (nSPS) is 10.9. The lowest BCUT2D eigenvalue weighted by molar-refractivity contribution is 0.263. The van der Waals surface area contributed by atoms with Gasteiger partial charge in [0, 0.05) is 12.6 Å². The van der Waals surface area contributed by atoms with Crippen molar-refractivity contribution in [1.29, 1.82) is 0 Å². The number of hydrogen-bond acceptors (Lipinski definition) is 6. The van der Waals surface area contributed by atoms with E-state index in [0.717, 1.165) is 13.0 Å². The second-order valence-corrected chi connectivity index (χ2v) is 5.26. The number of hydrogen-bond donors (Lipinski definition) is 1. The molecule has 2 heterocycles. The first kappa shape index (κ1) is 14.2. The SMILES string of the molecule is CCCn1c(CO)nnc1Sc1cc(Cl)nc(C)n1. The summed E-state index contributed by atoms with van der Waals surface area (Å²) in [6, 6.07) is 1.68. The Labute approximate surface area is 120 Å². The van der Waals surface area contributed by atoms with Crippen LogP contribution < -0.4 is 0 Å². The number of aliphatic hydroxyl groups is 1. The van der Waals surface area contributed by atoms with E-state index in [2.05, 4.69) is 27.1 Å². The van der Waals surface area contributed by atoms with Crippen molar-refractivity contribution in [2.24, 2.45) is 0 Å². The van der Waals surface area contributed by atoms with Gasteiger partial charge in [0.25, 0.3) is 0 Å². The zero-order valence-electron chi connectivity index (χ0n) is 10.7. The van der Waals surface area contributed by atoms with Gasteiger partial charge in [0.1, 0.15) is 22.6 Å². The van der Waals surface area contributed by atoms with Crippen LogP contribution in [0.5, 0.6) is 0 Å². The Morgan fingerprint density at radius 3 is 2.79 bits per heavy atom. The number of rotatable bonds is 5. The molecule has 0 aliphatic heterocycles. The fourth-order valence-corrected chi connectivity index (χ4v) is 2.83. The summed E-state index contributed by atoms with van der Waals surface area (Å²) in [5.41, 5.74) is 0. The number of aryl methyl sites for hydroxylation is 1. The third-order valence-corrected chi connectivity index (χ3v) is 3.46. The summed E-state index contributed by atoms with van der Waals surface area (Å²) in [5, 5.41) is 19.1. The van der Waals surface area contributed by atoms with Crippen molar-refractivity contribution < 1.29 is 5.11 Å². The zero-order chi connectivity index (χ0) is 13.8. The quantitative estimate of drug-likeness (QED) is 0.852. The molecule has 2 aromatic heterocycles. The summed E-state index contributed by atoms with van der Waals surface area (Å²) < 4.78 is 1.88. The molecule has 2 rings (SSSR count). The van der Waals surface area contributed by atoms with Crippen LogP contribution in [-0.4, -0.2) is 29.8 Å². The van der Waals surface area contributed by atoms with Crippen LogP contribution in [0, 0.1) is 6.92 Å². The summed E-state index contributed by atoms with van der Waals surface area (Å²) >= 11 is 7.26. The molecular formula is C11H14ClN5OS. The predicted octanol–water partition coefficient (Wildman–Crippen LogP) is 2.08. The third kappa shape index (κ3) is 3.43. The maximum atomic E-state index is 9.23. The molecule has 0 spiro atoms. The van der Waals surface area contributed by atoms with Gasteiger partial charge in [0.05, 0.1) is 0 Å². The van der Waals surface area contributed by atoms with Crippen molar-refractivity contribution in [3.8, 4) is 0 Å². The highest BCUT2D eigenvalue weighted by Crippen LogP contribution is 2.26. The van der Waals surface area contributed by atoms with E-state index in [4.69, 9.17) is 11.6 Å². The standard InChI is InChI=1S/C11H14ClN5OS/c1-3-4-17-9(6-18)15-16-11(17)19-10-5-8(12)13-7(2)14-10/h5,18H,3-4,6H2,1-2H3. The molecule has 0 fully saturated rings. The molecule has 0 aromatic carbocycles. The number of aliphatic hydroxyl groups excluding tert-OH is 1. The van der Waals surface area contributed by atoms with Crippen LogP contribution in [0.3, 0.4) is 0 Å². The van der Waals surface area contributed by atoms with Gasteiger partial charge in [0.15, 0.2) is 11.0 Å². The van der Waals surface area contributed by atoms with Gasteiger partial charge in [-0.15, -0.1) is 10.2 Å². The Kier molecular flexibility index (Phi) is 4.73. The van der Waals surface area contributed by atoms with Crippen molar-refractivity contribution in [2.45, 2.75) is 43.6 Å². The first-order valence-electron chi connectivity index (χ1n) is 5.86. The fourth-order valence-electron chi connectivity index (χ4n) is 1.61. The Morgan fingerprint density at radius 2 is 2.16 bits per heavy atom. The van der Waals surface area contributed by atoms with Crippen LogP contribution in [0.15, 0.2) is 16.2 Å². The Balaban J connectivity index is 2.29. The monoisotopic (exact) mass is 299 g/mol. The van der Waals surface area contributed by atoms with Crippen LogP contribution >= 0.6 is 23.4 Å². The van der Waals surface area contributed by atoms with Crippen molar-refractivity contribution in [2.75, 3.05) is 0 Å². The molecule has 0 saturated carbocycles. The molecule has 6 nitrogen and oxygen atoms in total. The summed E-state index contributed by atoms with van der Waals surface area (Å²) in [6.45, 7) is 4.47. The molecule has 2 aromatic rings. The highest BCUT2D eigenvalue weighted by molar-refractivity contribution is 7.99. The van der Waals surface area contributed by atoms with E-state index in [9.17, 15) is 5.11 Å². The zero-order valence-corrected chi connectivity index (χ0v) is 12.2. The third-order valence-electron chi connectivity index (χ3n) is 2.36. The summed E-state index contributed by atoms with van der Waals surface area (Å²) in [4.78, 5) is 8.30. The van der Waals surface area contributed by atoms with Gasteiger partial charge in [-0.25, -0.2) is 9.97 Å². The molecule has 102 valence electrons. The van der Waals surface area contributed by atoms with E-state index >= 15 is 0 Å². The topological polar surface area (TPSA) is 76.7 Å². The smallest absolute Gasteiger partial charge is 0.197 e. The molecule has 8 heteroatoms. The first-order valence-corrected chi connectivity index (χ1v) is 7.05. The molecule has 0 amide bonds. The lowest BCUT2D eigenvalue weighted by atomic mass is 10.4. The lowest BCUT2D eigenvalue weighted by Crippen LogP contribution is -2.04. The lowest BCUT2D eigenvalue weighted by Gasteiger charge is -2.07. The molecule has 0 radical (unpaired) electrons. The Morgan fingerprint density at radius 1 is 1.37 bits per heavy atom. The van der Waals surface area contributed by atoms with Crippen molar-refractivity contribution >= 4 is 23.4 Å². The molecule has 0 unspecified atom stereocenters. The highest BCUT2D eigenvalue weighted by atomic mass is 35.5. The minimum absolute atomic E-state index is 0.128. The van der Waals surface area contributed by atoms with Gasteiger partial charge in [-0.3, -0.25) is 0 Å². The average molecular weight is 300 g/mol. The van der Waals surface area contributed by atoms with E-state index in [1.54, 1.807) is 13.0 Å². The predicted molar refractivity (Wildman–Crippen MR) is 72.1 cm³/mol. The van der Waals surface area contributed by atoms with Crippen LogP contribution in [0.4, 0.5) is 0 Å². The van der Waals surface area contributed by atoms with Crippen molar-refractivity contribution in [1.82, 2.24) is 24.7 Å². The van der Waals surface area contributed by atoms with E-state index in [1.807, 2.05) is 4.57 Å². The molecular weight excluding hydrogens is 286 g/mol. The minimum Gasteiger partial charge on any atom is -0.388 e. The molecule has 0 bridgehead atoms. The second kappa shape index (κ2) is 6.31. The van der Waals surface area contributed by atoms with Gasteiger partial charge in [-0.1, -0.05) is 18.5 Å². The summed E-state index contributed by atoms with van der Waals surface area (Å²) in [7, 11) is 0. The molecule has 1 N–H and O–H groups in total. The van der Waals surface area contributed by atoms with Crippen molar-refractivity contribution in [3.63, 3.8) is 0 Å². The Bertz CT molecular complexity index is 554. The van der Waals surface area contributed by atoms with Gasteiger partial charge < -0.3 is 9.67 Å². The van der Waals surface area contributed by atoms with E-state index in [-0.39, 0.29) is 6.61 Å². The van der Waals surface area contributed by atoms with Crippen LogP contribution in [0.2, 0.25) is 5.15 Å². The van der Waals surface area contributed by atoms with Gasteiger partial charge in [-0.2, -0.15) is 0 Å². The van der Waals surface area contributed by atoms with Crippen molar-refractivity contribution in [3.05, 3.63) is 22.9 Å². The first-order chi connectivity index (χ1) is 9.13. The van der Waals surface area contributed by atoms with Gasteiger partial charge in [0.2, 0.25) is 0 Å². The molecule has 0 aliphatic rings. The van der Waals surface area contributed by atoms with Gasteiger partial charge >= 0.3 is 0 Å². The molecule has 0 atom stereocenters. The molecule has 0 aliphatic carbocycles. The number of halogens is 1. The largest absolute Gasteiger partial charge is 0.388 e. The van der Waals surface area contributed by atoms with E-state index < -0.39 is 0 Å². The average Bonchev–Trinajstić information content (AvgIpc) is 2.71. The number of nitrogens with zero attached hydrogens (tertiary/aromatic N) is 5. The maximum absolute atomic E-state index is 9.23. The van der Waals surface area contributed by atoms with E-state index in [1.165, 1.54) is 11.8 Å². The maximum Gasteiger partial charge on any atom is 0.197 e. The van der Waals surface area contributed by atoms with Crippen LogP contribution in [0.1, 0.15) is 25.0 Å². The second-order valence-electron chi connectivity index (χ2n) is 3.89. The molecule has 19 heavy (non-hydrogen) atoms. The van der Waals surface area contributed by atoms with Crippen LogP contribution in [-0.2, 0) is 13.2 Å². The van der Waals surface area contributed by atoms with Crippen LogP contribution in [0.25, 0.3) is 0 Å². The summed E-state index contributed by atoms with van der Waals surface area (Å²) in [5.74, 6) is 1.17. The summed E-state index contributed by atoms with van der Waals surface area (Å²) in [6.07, 6.45) is 0.933. The fraction of sp³-hybridized carbons (Fsp3) is 0.455.